The van der Waals surface area contributed by atoms with Gasteiger partial charge in [0.25, 0.3) is 0 Å². The van der Waals surface area contributed by atoms with E-state index in [2.05, 4.69) is 56.3 Å². The van der Waals surface area contributed by atoms with Gasteiger partial charge in [-0.3, -0.25) is 0 Å². The fraction of sp³-hybridized carbons (Fsp3) is 0.529. The maximum Gasteiger partial charge on any atom is 0.0492 e. The Balaban J connectivity index is 1.41. The number of hydrogen-bond acceptors (Lipinski definition) is 1. The molecule has 1 aromatic heterocycles. The van der Waals surface area contributed by atoms with Crippen LogP contribution in [0.4, 0.5) is 0 Å². The molecule has 1 N–H and O–H groups in total. The minimum Gasteiger partial charge on any atom is -0.346 e. The van der Waals surface area contributed by atoms with Crippen LogP contribution < -0.4 is 5.32 Å². The third-order valence-corrected chi connectivity index (χ3v) is 5.44. The molecule has 106 valence electrons. The Morgan fingerprint density at radius 2 is 1.90 bits per heavy atom. The Morgan fingerprint density at radius 3 is 2.60 bits per heavy atom. The average molecular weight is 333 g/mol. The molecule has 0 spiro atoms. The van der Waals surface area contributed by atoms with E-state index in [1.54, 1.807) is 0 Å². The first-order valence-electron chi connectivity index (χ1n) is 7.79. The zero-order valence-electron chi connectivity index (χ0n) is 11.7. The van der Waals surface area contributed by atoms with Gasteiger partial charge in [0, 0.05) is 40.7 Å². The maximum atomic E-state index is 3.83. The van der Waals surface area contributed by atoms with E-state index < -0.39 is 0 Å². The highest BCUT2D eigenvalue weighted by molar-refractivity contribution is 9.10. The molecule has 2 nitrogen and oxygen atoms in total. The fourth-order valence-corrected chi connectivity index (χ4v) is 3.85. The Bertz CT molecular complexity index is 598. The van der Waals surface area contributed by atoms with Gasteiger partial charge in [0.05, 0.1) is 0 Å². The molecule has 2 fully saturated rings. The van der Waals surface area contributed by atoms with Crippen LogP contribution in [0.2, 0.25) is 0 Å². The molecule has 0 bridgehead atoms. The van der Waals surface area contributed by atoms with Crippen LogP contribution in [0.15, 0.2) is 34.9 Å². The first-order chi connectivity index (χ1) is 9.83. The second-order valence-electron chi connectivity index (χ2n) is 6.34. The van der Waals surface area contributed by atoms with Crippen molar-refractivity contribution in [1.82, 2.24) is 9.88 Å². The quantitative estimate of drug-likeness (QED) is 0.839. The summed E-state index contributed by atoms with van der Waals surface area (Å²) in [5, 5.41) is 5.14. The zero-order chi connectivity index (χ0) is 13.5. The lowest BCUT2D eigenvalue weighted by atomic mass is 10.1. The first-order valence-corrected chi connectivity index (χ1v) is 8.59. The van der Waals surface area contributed by atoms with Gasteiger partial charge in [0.2, 0.25) is 0 Å². The van der Waals surface area contributed by atoms with Crippen molar-refractivity contribution in [3.05, 3.63) is 34.9 Å². The summed E-state index contributed by atoms with van der Waals surface area (Å²) in [5.74, 6) is 1.97. The van der Waals surface area contributed by atoms with E-state index in [1.807, 2.05) is 0 Å². The van der Waals surface area contributed by atoms with E-state index in [-0.39, 0.29) is 0 Å². The average Bonchev–Trinajstić information content (AvgIpc) is 3.35. The Kier molecular flexibility index (Phi) is 3.35. The van der Waals surface area contributed by atoms with Gasteiger partial charge < -0.3 is 9.88 Å². The molecule has 2 aromatic rings. The lowest BCUT2D eigenvalue weighted by molar-refractivity contribution is 0.408. The summed E-state index contributed by atoms with van der Waals surface area (Å²) in [4.78, 5) is 0. The van der Waals surface area contributed by atoms with Crippen LogP contribution in [0.1, 0.15) is 25.7 Å². The number of fused-ring (bicyclic) bond motifs is 1. The highest BCUT2D eigenvalue weighted by atomic mass is 79.9. The molecule has 0 atom stereocenters. The molecule has 0 aliphatic heterocycles. The van der Waals surface area contributed by atoms with Crippen molar-refractivity contribution in [2.45, 2.75) is 38.3 Å². The van der Waals surface area contributed by atoms with Crippen molar-refractivity contribution in [3.63, 3.8) is 0 Å². The van der Waals surface area contributed by atoms with Crippen LogP contribution in [-0.2, 0) is 6.54 Å². The normalized spacial score (nSPS) is 19.1. The number of benzene rings is 1. The SMILES string of the molecule is Brc1cccc2c1ccn2CCNC(C1CC1)C1CC1. The molecule has 0 radical (unpaired) electrons. The maximum absolute atomic E-state index is 3.83. The molecule has 1 heterocycles. The van der Waals surface area contributed by atoms with Crippen molar-refractivity contribution in [2.75, 3.05) is 6.54 Å². The molecule has 3 heteroatoms. The van der Waals surface area contributed by atoms with E-state index in [1.165, 1.54) is 41.1 Å². The highest BCUT2D eigenvalue weighted by Gasteiger charge is 2.40. The van der Waals surface area contributed by atoms with E-state index in [4.69, 9.17) is 0 Å². The summed E-state index contributed by atoms with van der Waals surface area (Å²) in [6, 6.07) is 9.45. The number of aromatic nitrogens is 1. The summed E-state index contributed by atoms with van der Waals surface area (Å²) >= 11 is 3.63. The lowest BCUT2D eigenvalue weighted by Gasteiger charge is -2.18. The van der Waals surface area contributed by atoms with Crippen molar-refractivity contribution in [1.29, 1.82) is 0 Å². The minimum absolute atomic E-state index is 0.809. The van der Waals surface area contributed by atoms with Crippen molar-refractivity contribution in [3.8, 4) is 0 Å². The van der Waals surface area contributed by atoms with Crippen LogP contribution in [-0.4, -0.2) is 17.2 Å². The Morgan fingerprint density at radius 1 is 1.15 bits per heavy atom. The van der Waals surface area contributed by atoms with Gasteiger partial charge in [-0.15, -0.1) is 0 Å². The molecule has 4 rings (SSSR count). The van der Waals surface area contributed by atoms with E-state index in [0.29, 0.717) is 0 Å². The van der Waals surface area contributed by atoms with Crippen LogP contribution in [0.3, 0.4) is 0 Å². The van der Waals surface area contributed by atoms with Gasteiger partial charge >= 0.3 is 0 Å². The predicted octanol–water partition coefficient (Wildman–Crippen LogP) is 4.18. The Hall–Kier alpha value is -0.800. The number of halogens is 1. The van der Waals surface area contributed by atoms with Gasteiger partial charge in [0.15, 0.2) is 0 Å². The van der Waals surface area contributed by atoms with E-state index >= 15 is 0 Å². The summed E-state index contributed by atoms with van der Waals surface area (Å²) in [7, 11) is 0. The van der Waals surface area contributed by atoms with Gasteiger partial charge in [-0.2, -0.15) is 0 Å². The molecule has 0 saturated heterocycles. The third kappa shape index (κ3) is 2.53. The molecule has 0 unspecified atom stereocenters. The topological polar surface area (TPSA) is 17.0 Å². The monoisotopic (exact) mass is 332 g/mol. The van der Waals surface area contributed by atoms with Gasteiger partial charge in [-0.05, 0) is 55.7 Å². The van der Waals surface area contributed by atoms with Crippen LogP contribution in [0.5, 0.6) is 0 Å². The smallest absolute Gasteiger partial charge is 0.0492 e. The minimum atomic E-state index is 0.809. The summed E-state index contributed by atoms with van der Waals surface area (Å²) in [5.41, 5.74) is 1.33. The molecule has 2 aliphatic carbocycles. The number of rotatable bonds is 6. The summed E-state index contributed by atoms with van der Waals surface area (Å²) in [6.45, 7) is 2.16. The van der Waals surface area contributed by atoms with Gasteiger partial charge in [-0.25, -0.2) is 0 Å². The van der Waals surface area contributed by atoms with E-state index in [0.717, 1.165) is 31.0 Å². The first kappa shape index (κ1) is 12.9. The standard InChI is InChI=1S/C17H21BrN2/c18-15-2-1-3-16-14(15)8-10-20(16)11-9-19-17(12-4-5-12)13-6-7-13/h1-3,8,10,12-13,17,19H,4-7,9,11H2. The number of hydrogen-bond donors (Lipinski definition) is 1. The second-order valence-corrected chi connectivity index (χ2v) is 7.19. The van der Waals surface area contributed by atoms with Crippen LogP contribution >= 0.6 is 15.9 Å². The lowest BCUT2D eigenvalue weighted by Crippen LogP contribution is -2.35. The zero-order valence-corrected chi connectivity index (χ0v) is 13.3. The van der Waals surface area contributed by atoms with Crippen LogP contribution in [0.25, 0.3) is 10.9 Å². The fourth-order valence-electron chi connectivity index (χ4n) is 3.36. The number of nitrogens with one attached hydrogen (secondary N) is 1. The van der Waals surface area contributed by atoms with Crippen LogP contribution in [0, 0.1) is 11.8 Å². The third-order valence-electron chi connectivity index (χ3n) is 4.75. The summed E-state index contributed by atoms with van der Waals surface area (Å²) in [6.07, 6.45) is 8.02. The van der Waals surface area contributed by atoms with E-state index in [9.17, 15) is 0 Å². The Labute approximate surface area is 128 Å². The van der Waals surface area contributed by atoms with Crippen molar-refractivity contribution >= 4 is 26.8 Å². The molecule has 20 heavy (non-hydrogen) atoms. The number of nitrogens with zero attached hydrogens (tertiary/aromatic N) is 1. The molecule has 2 saturated carbocycles. The van der Waals surface area contributed by atoms with Gasteiger partial charge in [-0.1, -0.05) is 22.0 Å². The largest absolute Gasteiger partial charge is 0.346 e. The molecule has 1 aromatic carbocycles. The van der Waals surface area contributed by atoms with Crippen molar-refractivity contribution < 1.29 is 0 Å². The molecule has 2 aliphatic rings. The second kappa shape index (κ2) is 5.19. The molecule has 0 amide bonds. The summed E-state index contributed by atoms with van der Waals surface area (Å²) < 4.78 is 3.56. The molecular weight excluding hydrogens is 312 g/mol. The van der Waals surface area contributed by atoms with Crippen molar-refractivity contribution in [2.24, 2.45) is 11.8 Å². The van der Waals surface area contributed by atoms with Gasteiger partial charge in [0.1, 0.15) is 0 Å². The molecular formula is C17H21BrN2. The predicted molar refractivity (Wildman–Crippen MR) is 86.9 cm³/mol. The highest BCUT2D eigenvalue weighted by Crippen LogP contribution is 2.44.